The van der Waals surface area contributed by atoms with Gasteiger partial charge in [-0.1, -0.05) is 95.2 Å². The average Bonchev–Trinajstić information content (AvgIpc) is 3.82. The second-order valence-corrected chi connectivity index (χ2v) is 16.3. The Kier molecular flexibility index (Phi) is 14.0. The largest absolute Gasteiger partial charge is 0.489 e. The minimum absolute atomic E-state index is 0.0727. The molecule has 316 valence electrons. The van der Waals surface area contributed by atoms with Crippen molar-refractivity contribution in [2.75, 3.05) is 0 Å². The van der Waals surface area contributed by atoms with Gasteiger partial charge in [0, 0.05) is 24.0 Å². The number of carboxylic acid groups (broad SMARTS) is 2. The number of benzene rings is 4. The van der Waals surface area contributed by atoms with Crippen LogP contribution in [0.5, 0.6) is 11.5 Å². The molecule has 2 heterocycles. The van der Waals surface area contributed by atoms with Gasteiger partial charge in [-0.25, -0.2) is 9.59 Å². The Balaban J connectivity index is 0.000000236. The first-order valence-electron chi connectivity index (χ1n) is 19.3. The molecule has 0 radical (unpaired) electrons. The van der Waals surface area contributed by atoms with Gasteiger partial charge in [0.05, 0.1) is 24.3 Å². The first-order chi connectivity index (χ1) is 28.3. The van der Waals surface area contributed by atoms with Gasteiger partial charge in [-0.2, -0.15) is 0 Å². The molecular weight excluding hydrogens is 773 g/mol. The number of carboxylic acids is 2. The van der Waals surface area contributed by atoms with Crippen molar-refractivity contribution in [1.82, 2.24) is 0 Å². The summed E-state index contributed by atoms with van der Waals surface area (Å²) in [5.74, 6) is -2.57. The summed E-state index contributed by atoms with van der Waals surface area (Å²) in [7, 11) is 0. The van der Waals surface area contributed by atoms with E-state index in [-0.39, 0.29) is 19.3 Å². The molecule has 4 aromatic rings. The maximum Gasteiger partial charge on any atom is 0.354 e. The molecule has 2 aliphatic rings. The number of carbonyl (C=O) groups is 4. The Morgan fingerprint density at radius 1 is 0.600 bits per heavy atom. The lowest BCUT2D eigenvalue weighted by atomic mass is 9.90. The molecule has 0 fully saturated rings. The lowest BCUT2D eigenvalue weighted by molar-refractivity contribution is -0.188. The van der Waals surface area contributed by atoms with Gasteiger partial charge in [0.2, 0.25) is 11.2 Å². The Bertz CT molecular complexity index is 2210. The average molecular weight is 823 g/mol. The van der Waals surface area contributed by atoms with Crippen molar-refractivity contribution in [3.8, 4) is 11.5 Å². The third-order valence-electron chi connectivity index (χ3n) is 8.85. The van der Waals surface area contributed by atoms with Crippen LogP contribution in [0.25, 0.3) is 0 Å². The van der Waals surface area contributed by atoms with Crippen molar-refractivity contribution in [1.29, 1.82) is 0 Å². The zero-order valence-corrected chi connectivity index (χ0v) is 34.5. The second-order valence-electron chi connectivity index (χ2n) is 16.3. The highest BCUT2D eigenvalue weighted by Gasteiger charge is 2.52. The number of esters is 2. The molecule has 2 N–H and O–H groups in total. The molecule has 0 aliphatic carbocycles. The highest BCUT2D eigenvalue weighted by atomic mass is 16.7. The van der Waals surface area contributed by atoms with E-state index >= 15 is 0 Å². The van der Waals surface area contributed by atoms with E-state index < -0.39 is 52.7 Å². The van der Waals surface area contributed by atoms with Crippen LogP contribution >= 0.6 is 0 Å². The van der Waals surface area contributed by atoms with Gasteiger partial charge < -0.3 is 38.8 Å². The quantitative estimate of drug-likeness (QED) is 0.117. The van der Waals surface area contributed by atoms with Crippen LogP contribution in [0, 0.1) is 0 Å². The molecule has 2 atom stereocenters. The zero-order valence-electron chi connectivity index (χ0n) is 34.5. The minimum Gasteiger partial charge on any atom is -0.489 e. The van der Waals surface area contributed by atoms with E-state index in [9.17, 15) is 24.3 Å². The van der Waals surface area contributed by atoms with Crippen molar-refractivity contribution >= 4 is 35.3 Å². The Morgan fingerprint density at radius 3 is 1.48 bits per heavy atom. The van der Waals surface area contributed by atoms with Crippen molar-refractivity contribution in [3.05, 3.63) is 131 Å². The maximum absolute atomic E-state index is 13.1. The lowest BCUT2D eigenvalue weighted by Gasteiger charge is -2.29. The number of ether oxygens (including phenoxy) is 4. The van der Waals surface area contributed by atoms with Crippen molar-refractivity contribution < 1.29 is 58.0 Å². The molecule has 0 saturated heterocycles. The van der Waals surface area contributed by atoms with Gasteiger partial charge in [0.1, 0.15) is 35.9 Å². The number of hydrogen-bond donors (Lipinski definition) is 2. The van der Waals surface area contributed by atoms with Crippen LogP contribution in [-0.4, -0.2) is 67.9 Å². The van der Waals surface area contributed by atoms with Gasteiger partial charge in [-0.15, -0.1) is 0 Å². The second kappa shape index (κ2) is 18.9. The third-order valence-corrected chi connectivity index (χ3v) is 8.85. The summed E-state index contributed by atoms with van der Waals surface area (Å²) >= 11 is 0. The van der Waals surface area contributed by atoms with Crippen molar-refractivity contribution in [2.24, 2.45) is 10.3 Å². The minimum atomic E-state index is -1.87. The van der Waals surface area contributed by atoms with Crippen LogP contribution in [0.2, 0.25) is 0 Å². The molecule has 14 heteroatoms. The zero-order chi connectivity index (χ0) is 43.6. The Morgan fingerprint density at radius 2 is 1.05 bits per heavy atom. The topological polar surface area (TPSA) is 189 Å². The SMILES string of the molecule is CC(C)(C)OC(=O)CC1(C(=O)OC(C)(C)C)CC(c2cccc(OCc3ccccc3)c2)=NO1.O=C(O)CC1(C(=O)O)CC(c2cccc(OCc3ccccc3)c2)=NO1. The van der Waals surface area contributed by atoms with E-state index in [1.54, 1.807) is 65.8 Å². The standard InChI is InChI=1S/C27H33NO6.C19H17NO6/c1-25(2,3)32-23(29)17-27(24(30)33-26(4,5)6)16-22(28-34-27)20-13-10-14-21(15-20)31-18-19-11-8-7-9-12-19;21-17(22)11-19(18(23)24)10-16(20-26-19)14-7-4-8-15(9-14)25-12-13-5-2-1-3-6-13/h7-15H,16-18H2,1-6H3;1-9H,10-12H2,(H,21,22)(H,23,24). The number of nitrogens with zero attached hydrogens (tertiary/aromatic N) is 2. The predicted octanol–water partition coefficient (Wildman–Crippen LogP) is 7.89. The lowest BCUT2D eigenvalue weighted by Crippen LogP contribution is -2.46. The van der Waals surface area contributed by atoms with Gasteiger partial charge in [-0.05, 0) is 76.9 Å². The fourth-order valence-corrected chi connectivity index (χ4v) is 6.06. The first-order valence-corrected chi connectivity index (χ1v) is 19.3. The van der Waals surface area contributed by atoms with Crippen LogP contribution in [-0.2, 0) is 51.5 Å². The van der Waals surface area contributed by atoms with Crippen LogP contribution in [0.3, 0.4) is 0 Å². The highest BCUT2D eigenvalue weighted by Crippen LogP contribution is 2.35. The highest BCUT2D eigenvalue weighted by molar-refractivity contribution is 6.06. The number of carbonyl (C=O) groups excluding carboxylic acids is 2. The third kappa shape index (κ3) is 12.6. The van der Waals surface area contributed by atoms with Crippen molar-refractivity contribution in [2.45, 2.75) is 103 Å². The number of rotatable bonds is 14. The van der Waals surface area contributed by atoms with E-state index in [0.29, 0.717) is 41.7 Å². The summed E-state index contributed by atoms with van der Waals surface area (Å²) in [5, 5.41) is 26.3. The van der Waals surface area contributed by atoms with E-state index in [1.807, 2.05) is 84.9 Å². The fraction of sp³-hybridized carbons (Fsp3) is 0.348. The Hall–Kier alpha value is -6.70. The Labute approximate surface area is 348 Å². The number of aliphatic carboxylic acids is 2. The molecule has 0 amide bonds. The number of oxime groups is 2. The number of hydrogen-bond acceptors (Lipinski definition) is 12. The first kappa shape index (κ1) is 44.4. The summed E-state index contributed by atoms with van der Waals surface area (Å²) < 4.78 is 22.7. The summed E-state index contributed by atoms with van der Waals surface area (Å²) in [6.07, 6.45) is -1.03. The van der Waals surface area contributed by atoms with E-state index in [0.717, 1.165) is 16.7 Å². The molecule has 4 aromatic carbocycles. The molecule has 2 aliphatic heterocycles. The van der Waals surface area contributed by atoms with Gasteiger partial charge in [0.15, 0.2) is 0 Å². The molecule has 0 saturated carbocycles. The van der Waals surface area contributed by atoms with Crippen molar-refractivity contribution in [3.63, 3.8) is 0 Å². The monoisotopic (exact) mass is 822 g/mol. The van der Waals surface area contributed by atoms with Crippen LogP contribution in [0.4, 0.5) is 0 Å². The molecule has 14 nitrogen and oxygen atoms in total. The summed E-state index contributed by atoms with van der Waals surface area (Å²) in [6, 6.07) is 33.9. The smallest absolute Gasteiger partial charge is 0.354 e. The fourth-order valence-electron chi connectivity index (χ4n) is 6.06. The molecular formula is C46H50N2O12. The molecule has 60 heavy (non-hydrogen) atoms. The van der Waals surface area contributed by atoms with E-state index in [2.05, 4.69) is 10.3 Å². The normalized spacial score (nSPS) is 18.3. The van der Waals surface area contributed by atoms with Crippen LogP contribution in [0.1, 0.15) is 89.5 Å². The molecule has 0 aromatic heterocycles. The summed E-state index contributed by atoms with van der Waals surface area (Å²) in [6.45, 7) is 11.4. The molecule has 0 bridgehead atoms. The van der Waals surface area contributed by atoms with Crippen LogP contribution < -0.4 is 9.47 Å². The van der Waals surface area contributed by atoms with Gasteiger partial charge in [-0.3, -0.25) is 9.59 Å². The molecule has 2 unspecified atom stereocenters. The van der Waals surface area contributed by atoms with Gasteiger partial charge in [0.25, 0.3) is 0 Å². The van der Waals surface area contributed by atoms with Gasteiger partial charge >= 0.3 is 23.9 Å². The molecule has 0 spiro atoms. The van der Waals surface area contributed by atoms with E-state index in [4.69, 9.17) is 33.7 Å². The maximum atomic E-state index is 13.1. The predicted molar refractivity (Wildman–Crippen MR) is 221 cm³/mol. The van der Waals surface area contributed by atoms with Crippen LogP contribution in [0.15, 0.2) is 120 Å². The summed E-state index contributed by atoms with van der Waals surface area (Å²) in [5.41, 5.74) is -0.577. The summed E-state index contributed by atoms with van der Waals surface area (Å²) in [4.78, 5) is 58.9. The van der Waals surface area contributed by atoms with E-state index in [1.165, 1.54) is 0 Å². The molecule has 6 rings (SSSR count).